The second-order valence-corrected chi connectivity index (χ2v) is 12.2. The second-order valence-electron chi connectivity index (χ2n) is 9.08. The van der Waals surface area contributed by atoms with Gasteiger partial charge in [0.2, 0.25) is 0 Å². The van der Waals surface area contributed by atoms with E-state index in [4.69, 9.17) is 21.1 Å². The third-order valence-corrected chi connectivity index (χ3v) is 8.73. The lowest BCUT2D eigenvalue weighted by molar-refractivity contribution is -0.139. The molecule has 0 aliphatic carbocycles. The molecule has 210 valence electrons. The van der Waals surface area contributed by atoms with Crippen molar-refractivity contribution >= 4 is 66.8 Å². The zero-order valence-electron chi connectivity index (χ0n) is 21.8. The van der Waals surface area contributed by atoms with Gasteiger partial charge in [0.1, 0.15) is 18.2 Å². The van der Waals surface area contributed by atoms with Crippen LogP contribution in [0.15, 0.2) is 90.7 Å². The summed E-state index contributed by atoms with van der Waals surface area (Å²) in [5, 5.41) is 0.542. The van der Waals surface area contributed by atoms with E-state index in [0.717, 1.165) is 11.1 Å². The molecule has 41 heavy (non-hydrogen) atoms. The van der Waals surface area contributed by atoms with Crippen molar-refractivity contribution in [1.82, 2.24) is 4.57 Å². The molecular weight excluding hydrogens is 699 g/mol. The summed E-state index contributed by atoms with van der Waals surface area (Å²) in [6.07, 6.45) is 1.77. The average Bonchev–Trinajstić information content (AvgIpc) is 3.23. The summed E-state index contributed by atoms with van der Waals surface area (Å²) in [4.78, 5) is 31.9. The molecule has 11 heteroatoms. The van der Waals surface area contributed by atoms with Gasteiger partial charge in [-0.2, -0.15) is 0 Å². The van der Waals surface area contributed by atoms with Crippen molar-refractivity contribution in [1.29, 1.82) is 0 Å². The molecule has 0 N–H and O–H groups in total. The molecule has 0 bridgehead atoms. The number of ether oxygens (including phenoxy) is 2. The fourth-order valence-corrected chi connectivity index (χ4v) is 7.06. The number of rotatable bonds is 7. The Morgan fingerprint density at radius 3 is 2.41 bits per heavy atom. The van der Waals surface area contributed by atoms with Gasteiger partial charge in [-0.1, -0.05) is 47.2 Å². The first kappa shape index (κ1) is 29.4. The third kappa shape index (κ3) is 6.25. The fourth-order valence-electron chi connectivity index (χ4n) is 4.44. The molecule has 3 aromatic carbocycles. The van der Waals surface area contributed by atoms with Gasteiger partial charge in [0, 0.05) is 5.02 Å². The van der Waals surface area contributed by atoms with Gasteiger partial charge in [0.25, 0.3) is 5.56 Å². The molecule has 0 radical (unpaired) electrons. The topological polar surface area (TPSA) is 69.9 Å². The van der Waals surface area contributed by atoms with Crippen molar-refractivity contribution in [2.75, 3.05) is 6.61 Å². The summed E-state index contributed by atoms with van der Waals surface area (Å²) < 4.78 is 27.8. The first-order valence-corrected chi connectivity index (χ1v) is 15.3. The van der Waals surface area contributed by atoms with Crippen LogP contribution in [0.5, 0.6) is 5.75 Å². The second kappa shape index (κ2) is 12.4. The molecule has 1 aliphatic heterocycles. The van der Waals surface area contributed by atoms with Crippen LogP contribution in [0.25, 0.3) is 6.08 Å². The quantitative estimate of drug-likeness (QED) is 0.200. The van der Waals surface area contributed by atoms with Crippen molar-refractivity contribution in [2.45, 2.75) is 26.5 Å². The lowest BCUT2D eigenvalue weighted by Crippen LogP contribution is -2.39. The number of aromatic nitrogens is 1. The maximum absolute atomic E-state index is 13.8. The van der Waals surface area contributed by atoms with Gasteiger partial charge in [-0.3, -0.25) is 9.36 Å². The van der Waals surface area contributed by atoms with E-state index in [1.807, 2.05) is 12.1 Å². The summed E-state index contributed by atoms with van der Waals surface area (Å²) in [5.41, 5.74) is 2.79. The lowest BCUT2D eigenvalue weighted by atomic mass is 9.96. The minimum atomic E-state index is -0.717. The van der Waals surface area contributed by atoms with Gasteiger partial charge in [0.05, 0.1) is 37.4 Å². The number of carbonyl (C=O) groups is 1. The van der Waals surface area contributed by atoms with Crippen LogP contribution >= 0.6 is 54.8 Å². The molecule has 0 saturated carbocycles. The number of esters is 1. The summed E-state index contributed by atoms with van der Waals surface area (Å²) in [7, 11) is 0. The predicted molar refractivity (Wildman–Crippen MR) is 164 cm³/mol. The average molecular weight is 721 g/mol. The fraction of sp³-hybridized carbons (Fsp3) is 0.167. The smallest absolute Gasteiger partial charge is 0.338 e. The lowest BCUT2D eigenvalue weighted by Gasteiger charge is -2.24. The highest BCUT2D eigenvalue weighted by molar-refractivity contribution is 9.11. The van der Waals surface area contributed by atoms with Crippen molar-refractivity contribution in [3.05, 3.63) is 128 Å². The standard InChI is InChI=1S/C30H22Br2ClFN2O4S/c1-3-39-29(38)25-16(2)35-30-36(26(25)19-6-8-20(33)9-7-19)28(37)24(41-30)14-18-12-22(31)27(23(32)13-18)40-15-17-4-10-21(34)11-5-17/h4-14,26H,3,15H2,1-2H3/b24-14+. The van der Waals surface area contributed by atoms with E-state index in [9.17, 15) is 14.0 Å². The highest BCUT2D eigenvalue weighted by Gasteiger charge is 2.33. The number of carbonyl (C=O) groups excluding carboxylic acids is 1. The number of fused-ring (bicyclic) bond motifs is 1. The number of thiazole rings is 1. The van der Waals surface area contributed by atoms with Crippen LogP contribution in [0.1, 0.15) is 36.6 Å². The predicted octanol–water partition coefficient (Wildman–Crippen LogP) is 6.69. The molecule has 0 saturated heterocycles. The van der Waals surface area contributed by atoms with Crippen LogP contribution in [0, 0.1) is 5.82 Å². The van der Waals surface area contributed by atoms with Gasteiger partial charge in [-0.05, 0) is 105 Å². The van der Waals surface area contributed by atoms with Crippen LogP contribution in [-0.4, -0.2) is 17.1 Å². The first-order valence-electron chi connectivity index (χ1n) is 12.5. The third-order valence-electron chi connectivity index (χ3n) is 6.32. The van der Waals surface area contributed by atoms with Crippen LogP contribution in [0.2, 0.25) is 5.02 Å². The normalized spacial score (nSPS) is 15.0. The van der Waals surface area contributed by atoms with Crippen molar-refractivity contribution in [2.24, 2.45) is 4.99 Å². The molecule has 1 aliphatic rings. The van der Waals surface area contributed by atoms with Gasteiger partial charge < -0.3 is 9.47 Å². The SMILES string of the molecule is CCOC(=O)C1=C(C)N=c2s/c(=C/c3cc(Br)c(OCc4ccc(F)cc4)c(Br)c3)c(=O)n2C1c1ccc(Cl)cc1. The van der Waals surface area contributed by atoms with Gasteiger partial charge in [0.15, 0.2) is 4.80 Å². The van der Waals surface area contributed by atoms with Crippen LogP contribution < -0.4 is 19.6 Å². The maximum Gasteiger partial charge on any atom is 0.338 e. The van der Waals surface area contributed by atoms with Crippen LogP contribution in [0.3, 0.4) is 0 Å². The summed E-state index contributed by atoms with van der Waals surface area (Å²) in [6.45, 7) is 3.92. The van der Waals surface area contributed by atoms with Crippen molar-refractivity contribution in [3.63, 3.8) is 0 Å². The molecule has 1 unspecified atom stereocenters. The van der Waals surface area contributed by atoms with Crippen molar-refractivity contribution < 1.29 is 18.7 Å². The Morgan fingerprint density at radius 2 is 1.78 bits per heavy atom. The minimum Gasteiger partial charge on any atom is -0.487 e. The van der Waals surface area contributed by atoms with E-state index in [2.05, 4.69) is 36.9 Å². The molecule has 4 aromatic rings. The van der Waals surface area contributed by atoms with E-state index >= 15 is 0 Å². The number of nitrogens with zero attached hydrogens (tertiary/aromatic N) is 2. The first-order chi connectivity index (χ1) is 19.7. The Morgan fingerprint density at radius 1 is 1.12 bits per heavy atom. The Kier molecular flexibility index (Phi) is 8.94. The zero-order chi connectivity index (χ0) is 29.3. The van der Waals surface area contributed by atoms with E-state index < -0.39 is 12.0 Å². The summed E-state index contributed by atoms with van der Waals surface area (Å²) in [5.74, 6) is -0.255. The molecule has 1 aromatic heterocycles. The molecular formula is C30H22Br2ClFN2O4S. The number of halogens is 4. The summed E-state index contributed by atoms with van der Waals surface area (Å²) >= 11 is 14.5. The van der Waals surface area contributed by atoms with Gasteiger partial charge >= 0.3 is 5.97 Å². The number of hydrogen-bond acceptors (Lipinski definition) is 6. The van der Waals surface area contributed by atoms with Crippen LogP contribution in [0.4, 0.5) is 4.39 Å². The molecule has 0 amide bonds. The Hall–Kier alpha value is -3.05. The zero-order valence-corrected chi connectivity index (χ0v) is 26.5. The largest absolute Gasteiger partial charge is 0.487 e. The maximum atomic E-state index is 13.8. The Balaban J connectivity index is 1.54. The Bertz CT molecular complexity index is 1830. The number of benzene rings is 3. The summed E-state index contributed by atoms with van der Waals surface area (Å²) in [6, 6.07) is 16.1. The number of hydrogen-bond donors (Lipinski definition) is 0. The molecule has 6 nitrogen and oxygen atoms in total. The van der Waals surface area contributed by atoms with E-state index in [1.54, 1.807) is 56.3 Å². The highest BCUT2D eigenvalue weighted by atomic mass is 79.9. The van der Waals surface area contributed by atoms with E-state index in [-0.39, 0.29) is 24.6 Å². The molecule has 0 fully saturated rings. The Labute approximate surface area is 260 Å². The van der Waals surface area contributed by atoms with Gasteiger partial charge in [-0.15, -0.1) is 0 Å². The number of allylic oxidation sites excluding steroid dienone is 1. The van der Waals surface area contributed by atoms with E-state index in [1.165, 1.54) is 28.0 Å². The molecule has 5 rings (SSSR count). The van der Waals surface area contributed by atoms with Crippen molar-refractivity contribution in [3.8, 4) is 5.75 Å². The highest BCUT2D eigenvalue weighted by Crippen LogP contribution is 2.36. The monoisotopic (exact) mass is 718 g/mol. The molecule has 1 atom stereocenters. The molecule has 2 heterocycles. The van der Waals surface area contributed by atoms with E-state index in [0.29, 0.717) is 45.9 Å². The minimum absolute atomic E-state index is 0.195. The molecule has 0 spiro atoms. The van der Waals surface area contributed by atoms with Gasteiger partial charge in [-0.25, -0.2) is 14.2 Å². The van der Waals surface area contributed by atoms with Crippen LogP contribution in [-0.2, 0) is 16.1 Å².